The van der Waals surface area contributed by atoms with Gasteiger partial charge < -0.3 is 14.8 Å². The largest absolute Gasteiger partial charge is 0.381 e. The van der Waals surface area contributed by atoms with E-state index in [0.717, 1.165) is 56.5 Å². The molecule has 5 heteroatoms. The minimum Gasteiger partial charge on any atom is -0.381 e. The van der Waals surface area contributed by atoms with Gasteiger partial charge >= 0.3 is 0 Å². The van der Waals surface area contributed by atoms with Gasteiger partial charge in [0.15, 0.2) is 5.82 Å². The Hall–Kier alpha value is -1.20. The highest BCUT2D eigenvalue weighted by Gasteiger charge is 2.14. The van der Waals surface area contributed by atoms with E-state index in [1.807, 2.05) is 13.0 Å². The molecule has 0 atom stereocenters. The van der Waals surface area contributed by atoms with Crippen LogP contribution in [0.4, 0.5) is 5.82 Å². The summed E-state index contributed by atoms with van der Waals surface area (Å²) in [5.74, 6) is 2.24. The van der Waals surface area contributed by atoms with Crippen LogP contribution in [0.15, 0.2) is 6.07 Å². The fourth-order valence-electron chi connectivity index (χ4n) is 2.20. The molecule has 1 fully saturated rings. The van der Waals surface area contributed by atoms with Crippen molar-refractivity contribution in [2.24, 2.45) is 5.92 Å². The molecule has 106 valence electrons. The van der Waals surface area contributed by atoms with Gasteiger partial charge in [-0.25, -0.2) is 9.97 Å². The molecule has 0 bridgehead atoms. The van der Waals surface area contributed by atoms with Crippen molar-refractivity contribution in [3.63, 3.8) is 0 Å². The molecular formula is C14H23N3O2. The molecule has 0 radical (unpaired) electrons. The van der Waals surface area contributed by atoms with Crippen molar-refractivity contribution in [2.45, 2.75) is 33.3 Å². The molecule has 2 heterocycles. The number of rotatable bonds is 6. The van der Waals surface area contributed by atoms with E-state index in [0.29, 0.717) is 12.5 Å². The zero-order chi connectivity index (χ0) is 13.5. The van der Waals surface area contributed by atoms with Crippen LogP contribution >= 0.6 is 0 Å². The third kappa shape index (κ3) is 4.76. The van der Waals surface area contributed by atoms with Gasteiger partial charge in [-0.2, -0.15) is 0 Å². The van der Waals surface area contributed by atoms with E-state index in [-0.39, 0.29) is 0 Å². The van der Waals surface area contributed by atoms with E-state index in [9.17, 15) is 0 Å². The first-order valence-corrected chi connectivity index (χ1v) is 7.02. The lowest BCUT2D eigenvalue weighted by atomic mass is 10.0. The van der Waals surface area contributed by atoms with Gasteiger partial charge in [0.1, 0.15) is 12.4 Å². The minimum absolute atomic E-state index is 0.484. The molecular weight excluding hydrogens is 242 g/mol. The van der Waals surface area contributed by atoms with Crippen molar-refractivity contribution in [1.82, 2.24) is 9.97 Å². The van der Waals surface area contributed by atoms with Crippen molar-refractivity contribution in [3.8, 4) is 0 Å². The predicted octanol–water partition coefficient (Wildman–Crippen LogP) is 2.16. The van der Waals surface area contributed by atoms with Crippen LogP contribution in [0.3, 0.4) is 0 Å². The molecule has 0 unspecified atom stereocenters. The van der Waals surface area contributed by atoms with Crippen LogP contribution in [-0.2, 0) is 16.1 Å². The highest BCUT2D eigenvalue weighted by molar-refractivity contribution is 5.35. The van der Waals surface area contributed by atoms with Crippen molar-refractivity contribution in [2.75, 3.05) is 31.7 Å². The molecule has 19 heavy (non-hydrogen) atoms. The molecule has 1 aromatic rings. The van der Waals surface area contributed by atoms with Crippen molar-refractivity contribution in [1.29, 1.82) is 0 Å². The summed E-state index contributed by atoms with van der Waals surface area (Å²) in [5, 5.41) is 3.21. The Morgan fingerprint density at radius 2 is 2.16 bits per heavy atom. The number of hydrogen-bond acceptors (Lipinski definition) is 5. The van der Waals surface area contributed by atoms with Gasteiger partial charge in [-0.3, -0.25) is 0 Å². The second-order valence-electron chi connectivity index (χ2n) is 4.91. The summed E-state index contributed by atoms with van der Waals surface area (Å²) in [7, 11) is 0. The van der Waals surface area contributed by atoms with Crippen LogP contribution in [-0.4, -0.2) is 36.3 Å². The highest BCUT2D eigenvalue weighted by atomic mass is 16.5. The standard InChI is InChI=1S/C14H23N3O2/c1-3-15-13-8-11(2)16-14(17-13)10-19-9-12-4-6-18-7-5-12/h8,12H,3-7,9-10H2,1-2H3,(H,15,16,17). The first-order chi connectivity index (χ1) is 9.28. The molecule has 0 aromatic carbocycles. The number of aromatic nitrogens is 2. The monoisotopic (exact) mass is 265 g/mol. The summed E-state index contributed by atoms with van der Waals surface area (Å²) in [5.41, 5.74) is 0.968. The van der Waals surface area contributed by atoms with Crippen LogP contribution in [0.25, 0.3) is 0 Å². The normalized spacial score (nSPS) is 16.5. The third-order valence-electron chi connectivity index (χ3n) is 3.18. The molecule has 0 spiro atoms. The maximum absolute atomic E-state index is 5.74. The molecule has 1 saturated heterocycles. The summed E-state index contributed by atoms with van der Waals surface area (Å²) in [6.07, 6.45) is 2.19. The van der Waals surface area contributed by atoms with Gasteiger partial charge in [0.25, 0.3) is 0 Å². The summed E-state index contributed by atoms with van der Waals surface area (Å²) < 4.78 is 11.1. The molecule has 0 amide bonds. The Morgan fingerprint density at radius 1 is 1.37 bits per heavy atom. The molecule has 1 aliphatic heterocycles. The number of hydrogen-bond donors (Lipinski definition) is 1. The molecule has 0 aliphatic carbocycles. The van der Waals surface area contributed by atoms with Crippen LogP contribution in [0.5, 0.6) is 0 Å². The summed E-state index contributed by atoms with van der Waals surface area (Å²) >= 11 is 0. The van der Waals surface area contributed by atoms with E-state index in [1.54, 1.807) is 0 Å². The summed E-state index contributed by atoms with van der Waals surface area (Å²) in [6, 6.07) is 1.95. The second-order valence-corrected chi connectivity index (χ2v) is 4.91. The maximum Gasteiger partial charge on any atom is 0.156 e. The molecule has 2 rings (SSSR count). The number of ether oxygens (including phenoxy) is 2. The first kappa shape index (κ1) is 14.2. The highest BCUT2D eigenvalue weighted by Crippen LogP contribution is 2.15. The maximum atomic E-state index is 5.74. The Kier molecular flexibility index (Phi) is 5.54. The lowest BCUT2D eigenvalue weighted by molar-refractivity contribution is 0.0142. The van der Waals surface area contributed by atoms with Gasteiger partial charge in [-0.05, 0) is 32.6 Å². The molecule has 0 saturated carbocycles. The summed E-state index contributed by atoms with van der Waals surface area (Å²) in [4.78, 5) is 8.83. The molecule has 1 N–H and O–H groups in total. The van der Waals surface area contributed by atoms with E-state index in [4.69, 9.17) is 9.47 Å². The lowest BCUT2D eigenvalue weighted by Gasteiger charge is -2.21. The predicted molar refractivity (Wildman–Crippen MR) is 74.1 cm³/mol. The number of nitrogens with one attached hydrogen (secondary N) is 1. The average molecular weight is 265 g/mol. The van der Waals surface area contributed by atoms with E-state index in [2.05, 4.69) is 22.2 Å². The topological polar surface area (TPSA) is 56.3 Å². The van der Waals surface area contributed by atoms with Gasteiger partial charge in [-0.1, -0.05) is 0 Å². The van der Waals surface area contributed by atoms with Crippen molar-refractivity contribution < 1.29 is 9.47 Å². The second kappa shape index (κ2) is 7.40. The molecule has 5 nitrogen and oxygen atoms in total. The Labute approximate surface area is 114 Å². The quantitative estimate of drug-likeness (QED) is 0.854. The van der Waals surface area contributed by atoms with Crippen LogP contribution in [0, 0.1) is 12.8 Å². The zero-order valence-corrected chi connectivity index (χ0v) is 11.8. The van der Waals surface area contributed by atoms with Crippen molar-refractivity contribution in [3.05, 3.63) is 17.6 Å². The van der Waals surface area contributed by atoms with Gasteiger partial charge in [0.05, 0.1) is 6.61 Å². The fourth-order valence-corrected chi connectivity index (χ4v) is 2.20. The Balaban J connectivity index is 1.81. The fraction of sp³-hybridized carbons (Fsp3) is 0.714. The zero-order valence-electron chi connectivity index (χ0n) is 11.8. The van der Waals surface area contributed by atoms with Crippen LogP contribution in [0.2, 0.25) is 0 Å². The van der Waals surface area contributed by atoms with Crippen LogP contribution < -0.4 is 5.32 Å². The minimum atomic E-state index is 0.484. The molecule has 1 aromatic heterocycles. The smallest absolute Gasteiger partial charge is 0.156 e. The summed E-state index contributed by atoms with van der Waals surface area (Å²) in [6.45, 7) is 7.87. The average Bonchev–Trinajstić information content (AvgIpc) is 2.40. The lowest BCUT2D eigenvalue weighted by Crippen LogP contribution is -2.20. The third-order valence-corrected chi connectivity index (χ3v) is 3.18. The van der Waals surface area contributed by atoms with E-state index in [1.165, 1.54) is 0 Å². The molecule has 1 aliphatic rings. The van der Waals surface area contributed by atoms with Crippen LogP contribution in [0.1, 0.15) is 31.3 Å². The van der Waals surface area contributed by atoms with Gasteiger partial charge in [-0.15, -0.1) is 0 Å². The number of aryl methyl sites for hydroxylation is 1. The first-order valence-electron chi connectivity index (χ1n) is 7.02. The number of anilines is 1. The Bertz CT molecular complexity index is 392. The van der Waals surface area contributed by atoms with E-state index < -0.39 is 0 Å². The number of nitrogens with zero attached hydrogens (tertiary/aromatic N) is 2. The Morgan fingerprint density at radius 3 is 2.89 bits per heavy atom. The SMILES string of the molecule is CCNc1cc(C)nc(COCC2CCOCC2)n1. The van der Waals surface area contributed by atoms with Gasteiger partial charge in [0.2, 0.25) is 0 Å². The van der Waals surface area contributed by atoms with E-state index >= 15 is 0 Å². The van der Waals surface area contributed by atoms with Gasteiger partial charge in [0, 0.05) is 31.5 Å². The van der Waals surface area contributed by atoms with Crippen molar-refractivity contribution >= 4 is 5.82 Å².